The standard InChI is InChI=1S/C41H58N3O3S.CH3Cl/c1-6-8-20-41(21-9-7-2)31-48(5,46)38-19-16-35(42(3)4)28-37(38)39(40(41)45)34-14-17-36(18-15-34)47-30-33-12-10-32(11-13-33)29-44-25-22-43(23-26-44)24-27-44;1-2/h10-19,28,39-40,45H,5-9,20-27,29-31H2,1-4H3;1H3/q+1;/t39-,40-,48?;/m1./s1. The molecule has 7 rings (SSSR count). The van der Waals surface area contributed by atoms with E-state index in [-0.39, 0.29) is 5.92 Å². The number of hydrogen-bond donors (Lipinski definition) is 1. The smallest absolute Gasteiger partial charge is 0.119 e. The van der Waals surface area contributed by atoms with Crippen LogP contribution in [-0.2, 0) is 22.7 Å². The van der Waals surface area contributed by atoms with Gasteiger partial charge in [-0.15, -0.1) is 11.6 Å². The summed E-state index contributed by atoms with van der Waals surface area (Å²) in [4.78, 5) is 5.46. The Balaban J connectivity index is 0.00000239. The fourth-order valence-electron chi connectivity index (χ4n) is 8.57. The zero-order valence-corrected chi connectivity index (χ0v) is 32.8. The summed E-state index contributed by atoms with van der Waals surface area (Å²) in [5.41, 5.74) is 5.10. The van der Waals surface area contributed by atoms with Crippen molar-refractivity contribution in [2.75, 3.05) is 70.4 Å². The van der Waals surface area contributed by atoms with Gasteiger partial charge >= 0.3 is 0 Å². The van der Waals surface area contributed by atoms with E-state index in [1.165, 1.54) is 55.7 Å². The van der Waals surface area contributed by atoms with Crippen LogP contribution in [0, 0.1) is 5.41 Å². The highest BCUT2D eigenvalue weighted by Gasteiger charge is 2.48. The highest BCUT2D eigenvalue weighted by atomic mass is 35.5. The number of halogens is 1. The molecule has 4 heterocycles. The first-order chi connectivity index (χ1) is 24.1. The van der Waals surface area contributed by atoms with Crippen LogP contribution in [0.4, 0.5) is 5.69 Å². The van der Waals surface area contributed by atoms with Gasteiger partial charge in [-0.25, -0.2) is 0 Å². The van der Waals surface area contributed by atoms with Gasteiger partial charge in [-0.3, -0.25) is 9.11 Å². The lowest BCUT2D eigenvalue weighted by molar-refractivity contribution is -0.953. The number of piperazine rings is 3. The van der Waals surface area contributed by atoms with E-state index in [0.29, 0.717) is 12.4 Å². The average Bonchev–Trinajstić information content (AvgIpc) is 3.21. The third-order valence-electron chi connectivity index (χ3n) is 11.6. The summed E-state index contributed by atoms with van der Waals surface area (Å²) in [5, 5.41) is 12.6. The van der Waals surface area contributed by atoms with Crippen molar-refractivity contribution in [1.29, 1.82) is 0 Å². The number of alkyl halides is 1. The molecule has 3 fully saturated rings. The summed E-state index contributed by atoms with van der Waals surface area (Å²) >= 11 is 4.64. The van der Waals surface area contributed by atoms with Crippen LogP contribution in [0.1, 0.15) is 80.5 Å². The Hall–Kier alpha value is -2.55. The lowest BCUT2D eigenvalue weighted by atomic mass is 9.68. The van der Waals surface area contributed by atoms with Crippen molar-refractivity contribution in [3.05, 3.63) is 89.0 Å². The van der Waals surface area contributed by atoms with E-state index in [2.05, 4.69) is 83.6 Å². The van der Waals surface area contributed by atoms with Crippen molar-refractivity contribution in [3.63, 3.8) is 0 Å². The highest BCUT2D eigenvalue weighted by molar-refractivity contribution is 8.00. The summed E-state index contributed by atoms with van der Waals surface area (Å²) < 4.78 is 22.1. The van der Waals surface area contributed by atoms with Crippen LogP contribution in [-0.4, -0.2) is 96.2 Å². The van der Waals surface area contributed by atoms with Crippen LogP contribution in [0.25, 0.3) is 0 Å². The predicted molar refractivity (Wildman–Crippen MR) is 212 cm³/mol. The number of nitrogens with zero attached hydrogens (tertiary/aromatic N) is 3. The first-order valence-corrected chi connectivity index (χ1v) is 21.3. The summed E-state index contributed by atoms with van der Waals surface area (Å²) in [5.74, 6) is 5.29. The Kier molecular flexibility index (Phi) is 13.0. The molecule has 274 valence electrons. The molecule has 0 aromatic heterocycles. The summed E-state index contributed by atoms with van der Waals surface area (Å²) in [7, 11) is 1.42. The third kappa shape index (κ3) is 8.56. The van der Waals surface area contributed by atoms with Gasteiger partial charge in [0.05, 0.1) is 25.7 Å². The largest absolute Gasteiger partial charge is 0.489 e. The molecular weight excluding hydrogens is 662 g/mol. The first kappa shape index (κ1) is 38.7. The Morgan fingerprint density at radius 2 is 1.50 bits per heavy atom. The summed E-state index contributed by atoms with van der Waals surface area (Å²) in [6.07, 6.45) is 6.55. The summed E-state index contributed by atoms with van der Waals surface area (Å²) in [6.45, 7) is 13.6. The minimum atomic E-state index is -2.63. The normalized spacial score (nSPS) is 26.7. The van der Waals surface area contributed by atoms with E-state index < -0.39 is 21.0 Å². The molecule has 3 aromatic rings. The van der Waals surface area contributed by atoms with Crippen molar-refractivity contribution in [2.24, 2.45) is 5.41 Å². The SMILES string of the molecule is C=S1(=O)CC(CCCC)(CCCC)[C@H](O)[C@H](c2ccc(OCc3ccc(C[N+]45CCN(CC4)CC5)cc3)cc2)c2cc(N(C)C)ccc21.CCl. The number of unbranched alkanes of at least 4 members (excludes halogenated alkanes) is 2. The van der Waals surface area contributed by atoms with E-state index in [0.717, 1.165) is 78.1 Å². The van der Waals surface area contributed by atoms with E-state index in [1.54, 1.807) is 0 Å². The molecule has 3 atom stereocenters. The van der Waals surface area contributed by atoms with Crippen molar-refractivity contribution in [3.8, 4) is 5.75 Å². The fourth-order valence-corrected chi connectivity index (χ4v) is 11.0. The minimum Gasteiger partial charge on any atom is -0.489 e. The number of benzene rings is 3. The monoisotopic (exact) mass is 722 g/mol. The fraction of sp³-hybridized carbons (Fsp3) is 0.548. The molecule has 4 aliphatic heterocycles. The molecule has 8 heteroatoms. The van der Waals surface area contributed by atoms with Gasteiger partial charge in [0.25, 0.3) is 0 Å². The van der Waals surface area contributed by atoms with Gasteiger partial charge in [0, 0.05) is 73.3 Å². The predicted octanol–water partition coefficient (Wildman–Crippen LogP) is 7.78. The lowest BCUT2D eigenvalue weighted by Gasteiger charge is -2.50. The van der Waals surface area contributed by atoms with Gasteiger partial charge in [0.1, 0.15) is 18.9 Å². The number of quaternary nitrogens is 1. The van der Waals surface area contributed by atoms with Crippen LogP contribution >= 0.6 is 11.6 Å². The van der Waals surface area contributed by atoms with E-state index >= 15 is 0 Å². The average molecular weight is 723 g/mol. The van der Waals surface area contributed by atoms with E-state index in [1.807, 2.05) is 38.4 Å². The Labute approximate surface area is 308 Å². The zero-order valence-electron chi connectivity index (χ0n) is 31.2. The second kappa shape index (κ2) is 16.9. The van der Waals surface area contributed by atoms with Gasteiger partial charge in [0.2, 0.25) is 0 Å². The molecule has 6 nitrogen and oxygen atoms in total. The van der Waals surface area contributed by atoms with Crippen LogP contribution in [0.2, 0.25) is 0 Å². The third-order valence-corrected chi connectivity index (χ3v) is 13.8. The number of ether oxygens (including phenoxy) is 1. The minimum absolute atomic E-state index is 0.311. The Bertz CT molecular complexity index is 1610. The topological polar surface area (TPSA) is 53.0 Å². The molecule has 0 amide bonds. The summed E-state index contributed by atoms with van der Waals surface area (Å²) in [6, 6.07) is 23.4. The van der Waals surface area contributed by atoms with Crippen molar-refractivity contribution < 1.29 is 18.5 Å². The molecule has 0 spiro atoms. The number of aliphatic hydroxyl groups excluding tert-OH is 1. The second-order valence-corrected chi connectivity index (χ2v) is 17.6. The maximum atomic E-state index is 14.6. The number of fused-ring (bicyclic) bond motifs is 4. The molecule has 3 saturated heterocycles. The van der Waals surface area contributed by atoms with Crippen molar-refractivity contribution >= 4 is 32.7 Å². The van der Waals surface area contributed by atoms with Gasteiger partial charge in [-0.05, 0) is 75.3 Å². The molecule has 3 aromatic carbocycles. The molecule has 1 N–H and O–H groups in total. The molecule has 50 heavy (non-hydrogen) atoms. The quantitative estimate of drug-likeness (QED) is 0.111. The highest BCUT2D eigenvalue weighted by Crippen LogP contribution is 2.50. The van der Waals surface area contributed by atoms with Crippen LogP contribution in [0.5, 0.6) is 5.75 Å². The molecule has 4 aliphatic rings. The molecule has 0 aliphatic carbocycles. The van der Waals surface area contributed by atoms with E-state index in [4.69, 9.17) is 4.74 Å². The van der Waals surface area contributed by atoms with Crippen LogP contribution in [0.3, 0.4) is 0 Å². The van der Waals surface area contributed by atoms with E-state index in [9.17, 15) is 9.32 Å². The molecule has 2 bridgehead atoms. The van der Waals surface area contributed by atoms with Crippen LogP contribution in [0.15, 0.2) is 71.6 Å². The van der Waals surface area contributed by atoms with Gasteiger partial charge in [-0.2, -0.15) is 0 Å². The van der Waals surface area contributed by atoms with Gasteiger partial charge < -0.3 is 19.2 Å². The number of hydrogen-bond acceptors (Lipinski definition) is 5. The maximum Gasteiger partial charge on any atom is 0.119 e. The van der Waals surface area contributed by atoms with Gasteiger partial charge in [0.15, 0.2) is 0 Å². The number of anilines is 1. The lowest BCUT2D eigenvalue weighted by Crippen LogP contribution is -2.66. The Morgan fingerprint density at radius 1 is 0.920 bits per heavy atom. The Morgan fingerprint density at radius 3 is 2.06 bits per heavy atom. The molecule has 0 saturated carbocycles. The maximum absolute atomic E-state index is 14.6. The van der Waals surface area contributed by atoms with Crippen LogP contribution < -0.4 is 9.64 Å². The van der Waals surface area contributed by atoms with Crippen molar-refractivity contribution in [1.82, 2.24) is 4.90 Å². The van der Waals surface area contributed by atoms with Gasteiger partial charge in [-0.1, -0.05) is 75.9 Å². The zero-order chi connectivity index (χ0) is 35.9. The van der Waals surface area contributed by atoms with Crippen molar-refractivity contribution in [2.45, 2.75) is 82.4 Å². The first-order valence-electron chi connectivity index (χ1n) is 18.7. The molecule has 1 unspecified atom stereocenters. The molecular formula is C42H61ClN3O3S+. The molecule has 0 radical (unpaired) electrons. The second-order valence-electron chi connectivity index (χ2n) is 15.3. The number of rotatable bonds is 13. The number of aliphatic hydroxyl groups is 1.